The summed E-state index contributed by atoms with van der Waals surface area (Å²) in [5.41, 5.74) is 0.533. The molecule has 7 nitrogen and oxygen atoms in total. The molecular weight excluding hydrogens is 378 g/mol. The van der Waals surface area contributed by atoms with E-state index in [2.05, 4.69) is 5.32 Å². The largest absolute Gasteiger partial charge is 0.495 e. The first kappa shape index (κ1) is 21.0. The van der Waals surface area contributed by atoms with E-state index >= 15 is 0 Å². The highest BCUT2D eigenvalue weighted by Crippen LogP contribution is 2.28. The summed E-state index contributed by atoms with van der Waals surface area (Å²) in [6, 6.07) is 5.03. The average molecular weight is 404 g/mol. The van der Waals surface area contributed by atoms with Crippen LogP contribution >= 0.6 is 11.6 Å². The maximum absolute atomic E-state index is 12.3. The number of carbonyl (C=O) groups excluding carboxylic acids is 1. The third-order valence-electron chi connectivity index (χ3n) is 4.48. The molecule has 9 heteroatoms. The van der Waals surface area contributed by atoms with Crippen LogP contribution in [0.2, 0.25) is 5.02 Å². The van der Waals surface area contributed by atoms with E-state index in [9.17, 15) is 13.2 Å². The van der Waals surface area contributed by atoms with Crippen molar-refractivity contribution in [1.29, 1.82) is 0 Å². The summed E-state index contributed by atoms with van der Waals surface area (Å²) >= 11 is 5.97. The third kappa shape index (κ3) is 5.33. The SMILES string of the molecule is COc1ccc(Cl)cc1NC(=O)CC[C@H]1CCCN(S(=O)(=O)N(C)C)C1. The molecule has 1 aliphatic rings. The number of nitrogens with zero attached hydrogens (tertiary/aromatic N) is 2. The van der Waals surface area contributed by atoms with Crippen molar-refractivity contribution in [3.8, 4) is 5.75 Å². The Kier molecular flexibility index (Phi) is 7.28. The van der Waals surface area contributed by atoms with Crippen LogP contribution in [0.5, 0.6) is 5.75 Å². The van der Waals surface area contributed by atoms with Crippen LogP contribution in [0.1, 0.15) is 25.7 Å². The summed E-state index contributed by atoms with van der Waals surface area (Å²) in [6.45, 7) is 0.983. The lowest BCUT2D eigenvalue weighted by Crippen LogP contribution is -2.45. The zero-order valence-electron chi connectivity index (χ0n) is 15.4. The van der Waals surface area contributed by atoms with Crippen molar-refractivity contribution in [2.24, 2.45) is 5.92 Å². The van der Waals surface area contributed by atoms with E-state index in [1.54, 1.807) is 18.2 Å². The molecule has 0 bridgehead atoms. The number of methoxy groups -OCH3 is 1. The minimum atomic E-state index is -3.40. The van der Waals surface area contributed by atoms with Crippen LogP contribution in [0.25, 0.3) is 0 Å². The Morgan fingerprint density at radius 1 is 1.42 bits per heavy atom. The fraction of sp³-hybridized carbons (Fsp3) is 0.588. The number of hydrogen-bond acceptors (Lipinski definition) is 4. The molecule has 1 N–H and O–H groups in total. The number of amides is 1. The second-order valence-electron chi connectivity index (χ2n) is 6.59. The first-order valence-corrected chi connectivity index (χ1v) is 10.3. The van der Waals surface area contributed by atoms with Gasteiger partial charge in [0, 0.05) is 38.6 Å². The summed E-state index contributed by atoms with van der Waals surface area (Å²) in [7, 11) is 1.19. The van der Waals surface area contributed by atoms with Gasteiger partial charge in [-0.05, 0) is 43.4 Å². The molecule has 1 amide bonds. The summed E-state index contributed by atoms with van der Waals surface area (Å²) in [4.78, 5) is 12.3. The van der Waals surface area contributed by atoms with Gasteiger partial charge < -0.3 is 10.1 Å². The third-order valence-corrected chi connectivity index (χ3v) is 6.63. The molecule has 2 rings (SSSR count). The first-order chi connectivity index (χ1) is 12.2. The highest BCUT2D eigenvalue weighted by Gasteiger charge is 2.30. The van der Waals surface area contributed by atoms with Crippen LogP contribution in [0.3, 0.4) is 0 Å². The molecule has 0 aliphatic carbocycles. The lowest BCUT2D eigenvalue weighted by atomic mass is 9.94. The fourth-order valence-corrected chi connectivity index (χ4v) is 4.42. The van der Waals surface area contributed by atoms with Gasteiger partial charge in [-0.25, -0.2) is 0 Å². The van der Waals surface area contributed by atoms with Crippen molar-refractivity contribution in [1.82, 2.24) is 8.61 Å². The standard InChI is InChI=1S/C17H26ClN3O4S/c1-20(2)26(23,24)21-10-4-5-13(12-21)6-9-17(22)19-15-11-14(18)7-8-16(15)25-3/h7-8,11,13H,4-6,9-10,12H2,1-3H3,(H,19,22)/t13-/m1/s1. The molecule has 1 atom stereocenters. The average Bonchev–Trinajstić information content (AvgIpc) is 2.60. The molecule has 0 aromatic heterocycles. The zero-order chi connectivity index (χ0) is 19.3. The summed E-state index contributed by atoms with van der Waals surface area (Å²) in [5, 5.41) is 3.33. The van der Waals surface area contributed by atoms with Crippen LogP contribution in [0.15, 0.2) is 18.2 Å². The van der Waals surface area contributed by atoms with Gasteiger partial charge in [0.15, 0.2) is 0 Å². The number of halogens is 1. The van der Waals surface area contributed by atoms with E-state index < -0.39 is 10.2 Å². The molecule has 0 unspecified atom stereocenters. The van der Waals surface area contributed by atoms with Gasteiger partial charge in [-0.15, -0.1) is 0 Å². The number of ether oxygens (including phenoxy) is 1. The van der Waals surface area contributed by atoms with Gasteiger partial charge in [0.25, 0.3) is 10.2 Å². The Balaban J connectivity index is 1.90. The summed E-state index contributed by atoms with van der Waals surface area (Å²) in [5.74, 6) is 0.576. The monoisotopic (exact) mass is 403 g/mol. The Hall–Kier alpha value is -1.35. The Morgan fingerprint density at radius 2 is 2.15 bits per heavy atom. The van der Waals surface area contributed by atoms with Gasteiger partial charge in [0.2, 0.25) is 5.91 Å². The Morgan fingerprint density at radius 3 is 2.81 bits per heavy atom. The molecule has 0 spiro atoms. The molecule has 146 valence electrons. The minimum absolute atomic E-state index is 0.141. The zero-order valence-corrected chi connectivity index (χ0v) is 16.9. The second kappa shape index (κ2) is 9.03. The molecule has 1 aromatic rings. The number of rotatable bonds is 7. The van der Waals surface area contributed by atoms with Gasteiger partial charge in [0.1, 0.15) is 5.75 Å². The number of nitrogens with one attached hydrogen (secondary N) is 1. The number of anilines is 1. The normalized spacial score (nSPS) is 18.7. The quantitative estimate of drug-likeness (QED) is 0.758. The molecule has 1 saturated heterocycles. The molecule has 0 radical (unpaired) electrons. The Labute approximate surface area is 160 Å². The maximum atomic E-state index is 12.3. The maximum Gasteiger partial charge on any atom is 0.281 e. The topological polar surface area (TPSA) is 79.0 Å². The smallest absolute Gasteiger partial charge is 0.281 e. The number of carbonyl (C=O) groups is 1. The molecule has 1 aromatic carbocycles. The predicted molar refractivity (Wildman–Crippen MR) is 103 cm³/mol. The number of piperidine rings is 1. The van der Waals surface area contributed by atoms with Gasteiger partial charge in [-0.2, -0.15) is 17.0 Å². The summed E-state index contributed by atoms with van der Waals surface area (Å²) < 4.78 is 32.5. The first-order valence-electron chi connectivity index (χ1n) is 8.55. The van der Waals surface area contributed by atoms with Crippen LogP contribution in [-0.4, -0.2) is 57.2 Å². The highest BCUT2D eigenvalue weighted by molar-refractivity contribution is 7.86. The van der Waals surface area contributed by atoms with Crippen molar-refractivity contribution in [3.63, 3.8) is 0 Å². The highest BCUT2D eigenvalue weighted by atomic mass is 35.5. The molecule has 26 heavy (non-hydrogen) atoms. The number of hydrogen-bond donors (Lipinski definition) is 1. The minimum Gasteiger partial charge on any atom is -0.495 e. The lowest BCUT2D eigenvalue weighted by Gasteiger charge is -2.33. The van der Waals surface area contributed by atoms with E-state index in [1.165, 1.54) is 29.8 Å². The molecule has 1 fully saturated rings. The van der Waals surface area contributed by atoms with Crippen LogP contribution in [0, 0.1) is 5.92 Å². The van der Waals surface area contributed by atoms with Crippen molar-refractivity contribution in [2.45, 2.75) is 25.7 Å². The van der Waals surface area contributed by atoms with Crippen molar-refractivity contribution in [3.05, 3.63) is 23.2 Å². The van der Waals surface area contributed by atoms with Gasteiger partial charge in [0.05, 0.1) is 12.8 Å². The fourth-order valence-electron chi connectivity index (χ4n) is 3.03. The van der Waals surface area contributed by atoms with Crippen LogP contribution in [0.4, 0.5) is 5.69 Å². The van der Waals surface area contributed by atoms with Crippen LogP contribution in [-0.2, 0) is 15.0 Å². The lowest BCUT2D eigenvalue weighted by molar-refractivity contribution is -0.116. The van der Waals surface area contributed by atoms with E-state index in [4.69, 9.17) is 16.3 Å². The van der Waals surface area contributed by atoms with Crippen molar-refractivity contribution >= 4 is 33.4 Å². The van der Waals surface area contributed by atoms with E-state index in [0.717, 1.165) is 12.8 Å². The van der Waals surface area contributed by atoms with Crippen LogP contribution < -0.4 is 10.1 Å². The van der Waals surface area contributed by atoms with Gasteiger partial charge in [-0.1, -0.05) is 11.6 Å². The molecule has 1 heterocycles. The van der Waals surface area contributed by atoms with Gasteiger partial charge >= 0.3 is 0 Å². The van der Waals surface area contributed by atoms with E-state index in [1.807, 2.05) is 0 Å². The number of benzene rings is 1. The molecule has 1 aliphatic heterocycles. The summed E-state index contributed by atoms with van der Waals surface area (Å²) in [6.07, 6.45) is 2.68. The van der Waals surface area contributed by atoms with Crippen molar-refractivity contribution < 1.29 is 17.9 Å². The van der Waals surface area contributed by atoms with Crippen molar-refractivity contribution in [2.75, 3.05) is 39.6 Å². The second-order valence-corrected chi connectivity index (χ2v) is 9.17. The Bertz CT molecular complexity index is 740. The molecule has 0 saturated carbocycles. The predicted octanol–water partition coefficient (Wildman–Crippen LogP) is 2.59. The molecular formula is C17H26ClN3O4S. The van der Waals surface area contributed by atoms with E-state index in [-0.39, 0.29) is 11.8 Å². The van der Waals surface area contributed by atoms with E-state index in [0.29, 0.717) is 42.4 Å². The van der Waals surface area contributed by atoms with Gasteiger partial charge in [-0.3, -0.25) is 4.79 Å².